The van der Waals surface area contributed by atoms with E-state index in [-0.39, 0.29) is 23.8 Å². The number of anilines is 1. The molecule has 0 aliphatic carbocycles. The molecule has 2 aromatic carbocycles. The number of rotatable bonds is 6. The minimum absolute atomic E-state index is 0.0718. The second kappa shape index (κ2) is 8.29. The minimum atomic E-state index is -1.01. The van der Waals surface area contributed by atoms with Gasteiger partial charge in [0, 0.05) is 12.6 Å². The van der Waals surface area contributed by atoms with E-state index in [0.717, 1.165) is 11.1 Å². The van der Waals surface area contributed by atoms with Crippen molar-refractivity contribution in [2.24, 2.45) is 0 Å². The summed E-state index contributed by atoms with van der Waals surface area (Å²) >= 11 is 0. The van der Waals surface area contributed by atoms with E-state index in [2.05, 4.69) is 10.6 Å². The van der Waals surface area contributed by atoms with Crippen molar-refractivity contribution in [3.05, 3.63) is 64.7 Å². The Balaban J connectivity index is 2.11. The van der Waals surface area contributed by atoms with Gasteiger partial charge in [0.25, 0.3) is 0 Å². The first-order valence-corrected chi connectivity index (χ1v) is 8.23. The highest BCUT2D eigenvalue weighted by Gasteiger charge is 2.17. The molecule has 2 aromatic rings. The lowest BCUT2D eigenvalue weighted by atomic mass is 10.0. The molecule has 26 heavy (non-hydrogen) atoms. The van der Waals surface area contributed by atoms with Crippen LogP contribution in [0.25, 0.3) is 0 Å². The van der Waals surface area contributed by atoms with E-state index < -0.39 is 12.0 Å². The normalized spacial score (nSPS) is 11.5. The van der Waals surface area contributed by atoms with Crippen molar-refractivity contribution in [1.29, 1.82) is 0 Å². The predicted molar refractivity (Wildman–Crippen MR) is 99.1 cm³/mol. The zero-order valence-electron chi connectivity index (χ0n) is 15.0. The fraction of sp³-hybridized carbons (Fsp3) is 0.250. The summed E-state index contributed by atoms with van der Waals surface area (Å²) in [5.74, 6) is -1.50. The number of aryl methyl sites for hydroxylation is 2. The number of carbonyl (C=O) groups excluding carboxylic acids is 2. The van der Waals surface area contributed by atoms with Gasteiger partial charge in [0.2, 0.25) is 11.8 Å². The Hall–Kier alpha value is -3.15. The summed E-state index contributed by atoms with van der Waals surface area (Å²) < 4.78 is 0. The van der Waals surface area contributed by atoms with Crippen LogP contribution in [0.2, 0.25) is 0 Å². The zero-order chi connectivity index (χ0) is 19.3. The van der Waals surface area contributed by atoms with Crippen LogP contribution < -0.4 is 10.6 Å². The molecule has 0 aromatic heterocycles. The smallest absolute Gasteiger partial charge is 0.335 e. The van der Waals surface area contributed by atoms with Crippen molar-refractivity contribution in [3.63, 3.8) is 0 Å². The molecule has 0 spiro atoms. The predicted octanol–water partition coefficient (Wildman–Crippen LogP) is 3.21. The van der Waals surface area contributed by atoms with Gasteiger partial charge in [0.1, 0.15) is 0 Å². The maximum atomic E-state index is 12.4. The van der Waals surface area contributed by atoms with Crippen molar-refractivity contribution in [2.75, 3.05) is 5.32 Å². The van der Waals surface area contributed by atoms with Crippen molar-refractivity contribution < 1.29 is 19.5 Å². The summed E-state index contributed by atoms with van der Waals surface area (Å²) in [6.45, 7) is 5.05. The van der Waals surface area contributed by atoms with Crippen LogP contribution >= 0.6 is 0 Å². The third-order valence-electron chi connectivity index (χ3n) is 3.99. The molecule has 3 N–H and O–H groups in total. The number of nitrogens with one attached hydrogen (secondary N) is 2. The fourth-order valence-electron chi connectivity index (χ4n) is 2.68. The number of amides is 2. The molecule has 2 amide bonds. The first-order chi connectivity index (χ1) is 12.3. The number of benzene rings is 2. The van der Waals surface area contributed by atoms with E-state index in [4.69, 9.17) is 5.11 Å². The van der Waals surface area contributed by atoms with E-state index in [1.165, 1.54) is 13.0 Å². The van der Waals surface area contributed by atoms with Gasteiger partial charge in [-0.2, -0.15) is 0 Å². The molecule has 0 saturated heterocycles. The standard InChI is InChI=1S/C20H22N2O4/c1-12-4-6-15(7-5-12)18(21-14(3)23)11-19(24)22-16-8-9-17(20(25)26)13(2)10-16/h4-10,18H,11H2,1-3H3,(H,21,23)(H,22,24)(H,25,26). The fourth-order valence-corrected chi connectivity index (χ4v) is 2.68. The Bertz CT molecular complexity index is 828. The number of hydrogen-bond acceptors (Lipinski definition) is 3. The molecule has 136 valence electrons. The highest BCUT2D eigenvalue weighted by atomic mass is 16.4. The SMILES string of the molecule is CC(=O)NC(CC(=O)Nc1ccc(C(=O)O)c(C)c1)c1ccc(C)cc1. The Morgan fingerprint density at radius 3 is 2.23 bits per heavy atom. The van der Waals surface area contributed by atoms with Crippen molar-refractivity contribution >= 4 is 23.5 Å². The van der Waals surface area contributed by atoms with Gasteiger partial charge in [-0.15, -0.1) is 0 Å². The molecule has 0 radical (unpaired) electrons. The van der Waals surface area contributed by atoms with Gasteiger partial charge in [-0.25, -0.2) is 4.79 Å². The van der Waals surface area contributed by atoms with Crippen LogP contribution in [0.1, 0.15) is 46.4 Å². The highest BCUT2D eigenvalue weighted by Crippen LogP contribution is 2.20. The van der Waals surface area contributed by atoms with Gasteiger partial charge in [-0.1, -0.05) is 29.8 Å². The molecule has 1 atom stereocenters. The zero-order valence-corrected chi connectivity index (χ0v) is 15.0. The first kappa shape index (κ1) is 19.2. The van der Waals surface area contributed by atoms with Crippen LogP contribution in [0, 0.1) is 13.8 Å². The molecular formula is C20H22N2O4. The third-order valence-corrected chi connectivity index (χ3v) is 3.99. The molecule has 0 heterocycles. The monoisotopic (exact) mass is 354 g/mol. The molecule has 2 rings (SSSR count). The quantitative estimate of drug-likeness (QED) is 0.742. The third kappa shape index (κ3) is 5.17. The van der Waals surface area contributed by atoms with Crippen LogP contribution in [0.5, 0.6) is 0 Å². The van der Waals surface area contributed by atoms with Gasteiger partial charge in [0.05, 0.1) is 18.0 Å². The average molecular weight is 354 g/mol. The molecule has 6 heteroatoms. The molecule has 0 fully saturated rings. The van der Waals surface area contributed by atoms with Gasteiger partial charge in [0.15, 0.2) is 0 Å². The first-order valence-electron chi connectivity index (χ1n) is 8.23. The van der Waals surface area contributed by atoms with Gasteiger partial charge in [-0.05, 0) is 43.2 Å². The number of aromatic carboxylic acids is 1. The second-order valence-electron chi connectivity index (χ2n) is 6.25. The average Bonchev–Trinajstić information content (AvgIpc) is 2.54. The van der Waals surface area contributed by atoms with E-state index in [9.17, 15) is 14.4 Å². The van der Waals surface area contributed by atoms with E-state index in [1.807, 2.05) is 31.2 Å². The molecule has 0 saturated carbocycles. The summed E-state index contributed by atoms with van der Waals surface area (Å²) in [6.07, 6.45) is 0.0718. The van der Waals surface area contributed by atoms with Crippen molar-refractivity contribution in [1.82, 2.24) is 5.32 Å². The van der Waals surface area contributed by atoms with Gasteiger partial charge in [-0.3, -0.25) is 9.59 Å². The van der Waals surface area contributed by atoms with Crippen molar-refractivity contribution in [3.8, 4) is 0 Å². The lowest BCUT2D eigenvalue weighted by molar-refractivity contribution is -0.120. The summed E-state index contributed by atoms with van der Waals surface area (Å²) in [5.41, 5.74) is 3.21. The summed E-state index contributed by atoms with van der Waals surface area (Å²) in [6, 6.07) is 11.8. The Morgan fingerprint density at radius 1 is 1.04 bits per heavy atom. The topological polar surface area (TPSA) is 95.5 Å². The van der Waals surface area contributed by atoms with E-state index >= 15 is 0 Å². The Morgan fingerprint density at radius 2 is 1.69 bits per heavy atom. The summed E-state index contributed by atoms with van der Waals surface area (Å²) in [4.78, 5) is 34.9. The molecule has 0 aliphatic rings. The number of carboxylic acids is 1. The Kier molecular flexibility index (Phi) is 6.11. The molecule has 0 aliphatic heterocycles. The minimum Gasteiger partial charge on any atom is -0.478 e. The number of carbonyl (C=O) groups is 3. The molecular weight excluding hydrogens is 332 g/mol. The Labute approximate surface area is 152 Å². The van der Waals surface area contributed by atoms with Gasteiger partial charge < -0.3 is 15.7 Å². The maximum Gasteiger partial charge on any atom is 0.335 e. The van der Waals surface area contributed by atoms with Crippen molar-refractivity contribution in [2.45, 2.75) is 33.2 Å². The van der Waals surface area contributed by atoms with E-state index in [1.54, 1.807) is 19.1 Å². The van der Waals surface area contributed by atoms with E-state index in [0.29, 0.717) is 11.3 Å². The van der Waals surface area contributed by atoms with Gasteiger partial charge >= 0.3 is 5.97 Å². The van der Waals surface area contributed by atoms with Crippen LogP contribution in [0.15, 0.2) is 42.5 Å². The number of carboxylic acid groups (broad SMARTS) is 1. The van der Waals surface area contributed by atoms with Crippen LogP contribution in [-0.2, 0) is 9.59 Å². The summed E-state index contributed by atoms with van der Waals surface area (Å²) in [7, 11) is 0. The molecule has 0 bridgehead atoms. The lowest BCUT2D eigenvalue weighted by Gasteiger charge is -2.18. The highest BCUT2D eigenvalue weighted by molar-refractivity contribution is 5.94. The van der Waals surface area contributed by atoms with Crippen LogP contribution in [-0.4, -0.2) is 22.9 Å². The summed E-state index contributed by atoms with van der Waals surface area (Å²) in [5, 5.41) is 14.6. The lowest BCUT2D eigenvalue weighted by Crippen LogP contribution is -2.29. The van der Waals surface area contributed by atoms with Crippen LogP contribution in [0.4, 0.5) is 5.69 Å². The largest absolute Gasteiger partial charge is 0.478 e. The molecule has 6 nitrogen and oxygen atoms in total. The number of hydrogen-bond donors (Lipinski definition) is 3. The van der Waals surface area contributed by atoms with Crippen LogP contribution in [0.3, 0.4) is 0 Å². The maximum absolute atomic E-state index is 12.4. The second-order valence-corrected chi connectivity index (χ2v) is 6.25. The molecule has 1 unspecified atom stereocenters.